The van der Waals surface area contributed by atoms with E-state index in [0.29, 0.717) is 11.4 Å². The smallest absolute Gasteiger partial charge is 0.234 e. The Labute approximate surface area is 128 Å². The van der Waals surface area contributed by atoms with E-state index in [-0.39, 0.29) is 5.91 Å². The van der Waals surface area contributed by atoms with E-state index in [1.807, 2.05) is 30.3 Å². The lowest BCUT2D eigenvalue weighted by atomic mass is 10.1. The van der Waals surface area contributed by atoms with E-state index in [4.69, 9.17) is 0 Å². The number of anilines is 1. The van der Waals surface area contributed by atoms with Crippen molar-refractivity contribution in [3.63, 3.8) is 0 Å². The molecule has 0 spiro atoms. The standard InChI is InChI=1S/C16H18N2O2S/c1-12(19)14-6-2-3-7-15(14)18-16(20)11-21-10-13-5-4-8-17-9-13/h2-9,12,19H,10-11H2,1H3,(H,18,20). The van der Waals surface area contributed by atoms with Crippen LogP contribution in [0.3, 0.4) is 0 Å². The minimum Gasteiger partial charge on any atom is -0.389 e. The van der Waals surface area contributed by atoms with Crippen LogP contribution in [0.4, 0.5) is 5.69 Å². The number of benzene rings is 1. The highest BCUT2D eigenvalue weighted by Gasteiger charge is 2.10. The van der Waals surface area contributed by atoms with E-state index in [0.717, 1.165) is 16.9 Å². The van der Waals surface area contributed by atoms with Crippen molar-refractivity contribution in [2.24, 2.45) is 0 Å². The second-order valence-electron chi connectivity index (χ2n) is 4.67. The Bertz CT molecular complexity index is 588. The quantitative estimate of drug-likeness (QED) is 0.861. The summed E-state index contributed by atoms with van der Waals surface area (Å²) >= 11 is 1.53. The number of amides is 1. The summed E-state index contributed by atoms with van der Waals surface area (Å²) < 4.78 is 0. The fourth-order valence-electron chi connectivity index (χ4n) is 1.91. The number of thioether (sulfide) groups is 1. The van der Waals surface area contributed by atoms with Gasteiger partial charge in [-0.2, -0.15) is 0 Å². The van der Waals surface area contributed by atoms with Crippen LogP contribution in [0, 0.1) is 0 Å². The van der Waals surface area contributed by atoms with Gasteiger partial charge in [-0.25, -0.2) is 0 Å². The maximum atomic E-state index is 11.9. The van der Waals surface area contributed by atoms with Crippen LogP contribution in [-0.4, -0.2) is 21.8 Å². The zero-order valence-electron chi connectivity index (χ0n) is 11.8. The van der Waals surface area contributed by atoms with Crippen molar-refractivity contribution in [1.82, 2.24) is 4.98 Å². The lowest BCUT2D eigenvalue weighted by Gasteiger charge is -2.12. The van der Waals surface area contributed by atoms with E-state index in [2.05, 4.69) is 10.3 Å². The molecule has 5 heteroatoms. The summed E-state index contributed by atoms with van der Waals surface area (Å²) in [5.74, 6) is 1.04. The van der Waals surface area contributed by atoms with Crippen molar-refractivity contribution in [2.45, 2.75) is 18.8 Å². The molecule has 1 aromatic carbocycles. The molecule has 0 aliphatic heterocycles. The van der Waals surface area contributed by atoms with Crippen LogP contribution in [-0.2, 0) is 10.5 Å². The molecule has 0 saturated heterocycles. The fraction of sp³-hybridized carbons (Fsp3) is 0.250. The minimum absolute atomic E-state index is 0.0722. The average molecular weight is 302 g/mol. The maximum absolute atomic E-state index is 11.9. The van der Waals surface area contributed by atoms with Gasteiger partial charge in [0, 0.05) is 29.4 Å². The molecule has 21 heavy (non-hydrogen) atoms. The molecule has 1 unspecified atom stereocenters. The summed E-state index contributed by atoms with van der Waals surface area (Å²) in [7, 11) is 0. The van der Waals surface area contributed by atoms with Crippen LogP contribution < -0.4 is 5.32 Å². The lowest BCUT2D eigenvalue weighted by Crippen LogP contribution is -2.16. The van der Waals surface area contributed by atoms with Gasteiger partial charge >= 0.3 is 0 Å². The number of rotatable bonds is 6. The Kier molecular flexibility index (Phi) is 5.78. The van der Waals surface area contributed by atoms with E-state index < -0.39 is 6.10 Å². The first-order valence-corrected chi connectivity index (χ1v) is 7.86. The molecule has 1 aromatic heterocycles. The van der Waals surface area contributed by atoms with E-state index in [1.165, 1.54) is 11.8 Å². The van der Waals surface area contributed by atoms with Gasteiger partial charge in [-0.3, -0.25) is 9.78 Å². The van der Waals surface area contributed by atoms with Gasteiger partial charge in [0.1, 0.15) is 0 Å². The average Bonchev–Trinajstić information content (AvgIpc) is 2.48. The summed E-state index contributed by atoms with van der Waals surface area (Å²) in [4.78, 5) is 16.0. The molecule has 2 aromatic rings. The van der Waals surface area contributed by atoms with Crippen LogP contribution in [0.15, 0.2) is 48.8 Å². The van der Waals surface area contributed by atoms with Crippen molar-refractivity contribution in [1.29, 1.82) is 0 Å². The predicted octanol–water partition coefficient (Wildman–Crippen LogP) is 3.01. The first-order chi connectivity index (χ1) is 10.2. The summed E-state index contributed by atoms with van der Waals surface area (Å²) in [5, 5.41) is 12.5. The number of carbonyl (C=O) groups is 1. The van der Waals surface area contributed by atoms with Crippen LogP contribution >= 0.6 is 11.8 Å². The third kappa shape index (κ3) is 4.88. The van der Waals surface area contributed by atoms with Crippen molar-refractivity contribution in [3.8, 4) is 0 Å². The Hall–Kier alpha value is -1.85. The van der Waals surface area contributed by atoms with Crippen LogP contribution in [0.25, 0.3) is 0 Å². The minimum atomic E-state index is -0.607. The summed E-state index contributed by atoms with van der Waals surface area (Å²) in [6.45, 7) is 1.68. The predicted molar refractivity (Wildman–Crippen MR) is 86.1 cm³/mol. The molecule has 0 saturated carbocycles. The third-order valence-corrected chi connectivity index (χ3v) is 3.91. The van der Waals surface area contributed by atoms with Crippen molar-refractivity contribution in [3.05, 3.63) is 59.9 Å². The Morgan fingerprint density at radius 3 is 2.86 bits per heavy atom. The molecule has 4 nitrogen and oxygen atoms in total. The molecule has 2 rings (SSSR count). The monoisotopic (exact) mass is 302 g/mol. The second-order valence-corrected chi connectivity index (χ2v) is 5.65. The second kappa shape index (κ2) is 7.81. The van der Waals surface area contributed by atoms with Crippen molar-refractivity contribution < 1.29 is 9.90 Å². The molecule has 1 atom stereocenters. The summed E-state index contributed by atoms with van der Waals surface area (Å²) in [6.07, 6.45) is 2.92. The van der Waals surface area contributed by atoms with E-state index in [9.17, 15) is 9.90 Å². The molecular weight excluding hydrogens is 284 g/mol. The highest BCUT2D eigenvalue weighted by atomic mass is 32.2. The molecule has 0 fully saturated rings. The Balaban J connectivity index is 1.85. The lowest BCUT2D eigenvalue weighted by molar-refractivity contribution is -0.113. The molecular formula is C16H18N2O2S. The highest BCUT2D eigenvalue weighted by Crippen LogP contribution is 2.22. The Morgan fingerprint density at radius 2 is 2.14 bits per heavy atom. The Morgan fingerprint density at radius 1 is 1.33 bits per heavy atom. The van der Waals surface area contributed by atoms with Crippen LogP contribution in [0.1, 0.15) is 24.2 Å². The van der Waals surface area contributed by atoms with E-state index in [1.54, 1.807) is 25.4 Å². The SMILES string of the molecule is CC(O)c1ccccc1NC(=O)CSCc1cccnc1. The number of para-hydroxylation sites is 1. The van der Waals surface area contributed by atoms with Gasteiger partial charge in [0.25, 0.3) is 0 Å². The fourth-order valence-corrected chi connectivity index (χ4v) is 2.67. The van der Waals surface area contributed by atoms with Gasteiger partial charge < -0.3 is 10.4 Å². The number of nitrogens with zero attached hydrogens (tertiary/aromatic N) is 1. The zero-order valence-corrected chi connectivity index (χ0v) is 12.6. The van der Waals surface area contributed by atoms with Gasteiger partial charge in [0.2, 0.25) is 5.91 Å². The number of nitrogens with one attached hydrogen (secondary N) is 1. The number of aromatic nitrogens is 1. The number of carbonyl (C=O) groups excluding carboxylic acids is 1. The maximum Gasteiger partial charge on any atom is 0.234 e. The molecule has 0 aliphatic carbocycles. The van der Waals surface area contributed by atoms with Gasteiger partial charge in [0.15, 0.2) is 0 Å². The van der Waals surface area contributed by atoms with Crippen LogP contribution in [0.2, 0.25) is 0 Å². The number of hydrogen-bond donors (Lipinski definition) is 2. The first-order valence-electron chi connectivity index (χ1n) is 6.70. The van der Waals surface area contributed by atoms with E-state index >= 15 is 0 Å². The highest BCUT2D eigenvalue weighted by molar-refractivity contribution is 7.99. The molecule has 0 aliphatic rings. The third-order valence-electron chi connectivity index (χ3n) is 2.91. The molecule has 2 N–H and O–H groups in total. The normalized spacial score (nSPS) is 11.9. The van der Waals surface area contributed by atoms with Crippen molar-refractivity contribution >= 4 is 23.4 Å². The number of pyridine rings is 1. The van der Waals surface area contributed by atoms with Gasteiger partial charge in [-0.05, 0) is 24.6 Å². The topological polar surface area (TPSA) is 62.2 Å². The molecule has 1 amide bonds. The largest absolute Gasteiger partial charge is 0.389 e. The summed E-state index contributed by atoms with van der Waals surface area (Å²) in [5.41, 5.74) is 2.49. The first kappa shape index (κ1) is 15.5. The number of aliphatic hydroxyl groups is 1. The molecule has 0 radical (unpaired) electrons. The number of aliphatic hydroxyl groups excluding tert-OH is 1. The zero-order chi connectivity index (χ0) is 15.1. The molecule has 0 bridgehead atoms. The molecule has 1 heterocycles. The molecule has 110 valence electrons. The van der Waals surface area contributed by atoms with Gasteiger partial charge in [0.05, 0.1) is 11.9 Å². The van der Waals surface area contributed by atoms with Gasteiger partial charge in [-0.15, -0.1) is 11.8 Å². The number of hydrogen-bond acceptors (Lipinski definition) is 4. The van der Waals surface area contributed by atoms with Gasteiger partial charge in [-0.1, -0.05) is 24.3 Å². The van der Waals surface area contributed by atoms with Crippen LogP contribution in [0.5, 0.6) is 0 Å². The summed E-state index contributed by atoms with van der Waals surface area (Å²) in [6, 6.07) is 11.2. The van der Waals surface area contributed by atoms with Crippen molar-refractivity contribution in [2.75, 3.05) is 11.1 Å².